The van der Waals surface area contributed by atoms with E-state index in [1.807, 2.05) is 0 Å². The molecule has 4 heteroatoms. The quantitative estimate of drug-likeness (QED) is 0.626. The molecule has 0 atom stereocenters. The van der Waals surface area contributed by atoms with Crippen LogP contribution < -0.4 is 0 Å². The monoisotopic (exact) mass is 295 g/mol. The number of ketones is 1. The average molecular weight is 295 g/mol. The molecule has 0 bridgehead atoms. The van der Waals surface area contributed by atoms with Crippen molar-refractivity contribution in [1.29, 1.82) is 0 Å². The number of ether oxygens (including phenoxy) is 1. The first-order valence-corrected chi connectivity index (χ1v) is 4.28. The molecule has 1 rings (SSSR count). The molecule has 0 saturated carbocycles. The largest absolute Gasteiger partial charge is 0.457 e. The first kappa shape index (κ1) is 17.8. The van der Waals surface area contributed by atoms with Gasteiger partial charge in [-0.25, -0.2) is 0 Å². The molecule has 85 valence electrons. The Bertz CT molecular complexity index is 322. The third-order valence-electron chi connectivity index (χ3n) is 1.57. The number of Topliss-reactive ketones (excluding diaryl/α,β-unsaturated/α-hetero) is 1. The Morgan fingerprint density at radius 2 is 1.88 bits per heavy atom. The summed E-state index contributed by atoms with van der Waals surface area (Å²) in [6.07, 6.45) is 0.196. The van der Waals surface area contributed by atoms with Crippen molar-refractivity contribution in [3.63, 3.8) is 0 Å². The number of carbonyl (C=O) groups excluding carboxylic acids is 2. The van der Waals surface area contributed by atoms with Gasteiger partial charge >= 0.3 is 5.97 Å². The Morgan fingerprint density at radius 1 is 1.31 bits per heavy atom. The van der Waals surface area contributed by atoms with Gasteiger partial charge in [0.05, 0.1) is 0 Å². The summed E-state index contributed by atoms with van der Waals surface area (Å²) in [4.78, 5) is 21.7. The third-order valence-corrected chi connectivity index (χ3v) is 1.57. The average Bonchev–Trinajstić information content (AvgIpc) is 2.16. The summed E-state index contributed by atoms with van der Waals surface area (Å²) >= 11 is 0. The second kappa shape index (κ2) is 9.67. The van der Waals surface area contributed by atoms with Gasteiger partial charge in [0.25, 0.3) is 0 Å². The summed E-state index contributed by atoms with van der Waals surface area (Å²) in [7, 11) is 0. The Kier molecular flexibility index (Phi) is 10.8. The molecule has 0 aliphatic heterocycles. The van der Waals surface area contributed by atoms with Crippen molar-refractivity contribution >= 4 is 11.8 Å². The summed E-state index contributed by atoms with van der Waals surface area (Å²) in [6, 6.07) is 9.88. The molecule has 0 spiro atoms. The molecular weight excluding hydrogens is 281 g/mol. The Hall–Kier alpha value is -0.536. The molecule has 3 nitrogen and oxygen atoms in total. The number of benzene rings is 1. The van der Waals surface area contributed by atoms with Gasteiger partial charge in [0.15, 0.2) is 5.78 Å². The van der Waals surface area contributed by atoms with Gasteiger partial charge < -0.3 is 12.2 Å². The van der Waals surface area contributed by atoms with Crippen LogP contribution in [0.1, 0.15) is 12.5 Å². The maximum atomic E-state index is 11.1. The van der Waals surface area contributed by atoms with E-state index in [-0.39, 0.29) is 64.9 Å². The summed E-state index contributed by atoms with van der Waals surface area (Å²) in [5.74, 6) is -0.536. The van der Waals surface area contributed by atoms with Gasteiger partial charge in [-0.3, -0.25) is 9.59 Å². The van der Waals surface area contributed by atoms with Gasteiger partial charge in [0.2, 0.25) is 0 Å². The zero-order valence-electron chi connectivity index (χ0n) is 9.53. The van der Waals surface area contributed by atoms with Crippen molar-refractivity contribution in [2.75, 3.05) is 6.61 Å². The van der Waals surface area contributed by atoms with Crippen LogP contribution in [0.4, 0.5) is 0 Å². The van der Waals surface area contributed by atoms with E-state index in [2.05, 4.69) is 6.07 Å². The minimum Gasteiger partial charge on any atom is -0.457 e. The van der Waals surface area contributed by atoms with Crippen LogP contribution in [0.2, 0.25) is 0 Å². The molecule has 0 aromatic heterocycles. The van der Waals surface area contributed by atoms with Crippen molar-refractivity contribution in [1.82, 2.24) is 0 Å². The first-order valence-electron chi connectivity index (χ1n) is 4.28. The fraction of sp³-hybridized carbons (Fsp3) is 0.250. The molecule has 1 aromatic rings. The fourth-order valence-corrected chi connectivity index (χ4v) is 0.939. The maximum absolute atomic E-state index is 11.1. The molecule has 1 radical (unpaired) electrons. The topological polar surface area (TPSA) is 43.4 Å². The molecule has 0 amide bonds. The molecule has 16 heavy (non-hydrogen) atoms. The predicted octanol–water partition coefficient (Wildman–Crippen LogP) is 1.61. The molecule has 0 fully saturated rings. The number of carbonyl (C=O) groups is 2. The standard InChI is InChI=1S/C11H11O3.CH3.Y/c1-9(12)8-14-11(13)7-10-5-3-2-4-6-10;;/h3-6H,7-8H2,1H3;1H3;/q2*-1;. The van der Waals surface area contributed by atoms with Gasteiger partial charge in [-0.2, -0.15) is 30.3 Å². The van der Waals surface area contributed by atoms with Crippen molar-refractivity contribution in [2.45, 2.75) is 13.3 Å². The van der Waals surface area contributed by atoms with Crippen LogP contribution in [0.25, 0.3) is 0 Å². The summed E-state index contributed by atoms with van der Waals surface area (Å²) < 4.78 is 4.71. The number of hydrogen-bond donors (Lipinski definition) is 0. The van der Waals surface area contributed by atoms with Crippen LogP contribution in [-0.2, 0) is 53.5 Å². The number of hydrogen-bond acceptors (Lipinski definition) is 3. The number of rotatable bonds is 4. The molecule has 0 saturated heterocycles. The van der Waals surface area contributed by atoms with Crippen LogP contribution in [0, 0.1) is 13.5 Å². The van der Waals surface area contributed by atoms with E-state index in [4.69, 9.17) is 4.74 Å². The van der Waals surface area contributed by atoms with E-state index in [0.717, 1.165) is 5.56 Å². The van der Waals surface area contributed by atoms with Crippen molar-refractivity contribution in [3.8, 4) is 0 Å². The Labute approximate surface area is 121 Å². The van der Waals surface area contributed by atoms with E-state index in [0.29, 0.717) is 0 Å². The summed E-state index contributed by atoms with van der Waals surface area (Å²) in [5.41, 5.74) is 0.859. The van der Waals surface area contributed by atoms with Crippen LogP contribution >= 0.6 is 0 Å². The second-order valence-corrected chi connectivity index (χ2v) is 2.95. The molecule has 0 aliphatic rings. The molecule has 0 aliphatic carbocycles. The van der Waals surface area contributed by atoms with Crippen LogP contribution in [0.15, 0.2) is 24.3 Å². The van der Waals surface area contributed by atoms with Crippen LogP contribution in [-0.4, -0.2) is 18.4 Å². The van der Waals surface area contributed by atoms with E-state index in [1.54, 1.807) is 24.3 Å². The minimum absolute atomic E-state index is 0. The SMILES string of the molecule is CC(=O)COC(=O)Cc1cc[c-]cc1.[CH3-].[Y]. The van der Waals surface area contributed by atoms with E-state index < -0.39 is 0 Å². The molecular formula is C12H14O3Y-2. The molecule has 0 unspecified atom stereocenters. The second-order valence-electron chi connectivity index (χ2n) is 2.95. The fourth-order valence-electron chi connectivity index (χ4n) is 0.939. The van der Waals surface area contributed by atoms with Crippen LogP contribution in [0.5, 0.6) is 0 Å². The van der Waals surface area contributed by atoms with Gasteiger partial charge in [-0.1, -0.05) is 0 Å². The van der Waals surface area contributed by atoms with Gasteiger partial charge in [-0.15, -0.1) is 5.56 Å². The smallest absolute Gasteiger partial charge is 0.308 e. The number of esters is 1. The van der Waals surface area contributed by atoms with E-state index in [9.17, 15) is 9.59 Å². The zero-order chi connectivity index (χ0) is 10.4. The zero-order valence-corrected chi connectivity index (χ0v) is 12.4. The summed E-state index contributed by atoms with van der Waals surface area (Å²) in [5, 5.41) is 0. The van der Waals surface area contributed by atoms with Gasteiger partial charge in [0, 0.05) is 39.1 Å². The van der Waals surface area contributed by atoms with Crippen molar-refractivity contribution in [3.05, 3.63) is 43.3 Å². The van der Waals surface area contributed by atoms with Crippen LogP contribution in [0.3, 0.4) is 0 Å². The first-order chi connectivity index (χ1) is 6.68. The molecule has 0 N–H and O–H groups in total. The normalized spacial score (nSPS) is 8.31. The summed E-state index contributed by atoms with van der Waals surface area (Å²) in [6.45, 7) is 1.24. The Balaban J connectivity index is 0. The Morgan fingerprint density at radius 3 is 2.38 bits per heavy atom. The minimum atomic E-state index is -0.383. The predicted molar refractivity (Wildman–Crippen MR) is 57.0 cm³/mol. The van der Waals surface area contributed by atoms with Crippen molar-refractivity contribution in [2.24, 2.45) is 0 Å². The third kappa shape index (κ3) is 7.72. The molecule has 0 heterocycles. The van der Waals surface area contributed by atoms with E-state index >= 15 is 0 Å². The van der Waals surface area contributed by atoms with Gasteiger partial charge in [-0.05, 0) is 6.92 Å². The van der Waals surface area contributed by atoms with Crippen molar-refractivity contribution < 1.29 is 47.0 Å². The van der Waals surface area contributed by atoms with Gasteiger partial charge in [0.1, 0.15) is 6.61 Å². The molecule has 1 aromatic carbocycles. The maximum Gasteiger partial charge on any atom is 0.308 e. The van der Waals surface area contributed by atoms with E-state index in [1.165, 1.54) is 6.92 Å².